The molecule has 0 aliphatic carbocycles. The van der Waals surface area contributed by atoms with E-state index in [2.05, 4.69) is 27.6 Å². The maximum absolute atomic E-state index is 12.4. The first-order valence-corrected chi connectivity index (χ1v) is 7.76. The number of anilines is 1. The van der Waals surface area contributed by atoms with E-state index in [-0.39, 0.29) is 18.6 Å². The third-order valence-electron chi connectivity index (χ3n) is 2.89. The quantitative estimate of drug-likeness (QED) is 0.727. The van der Waals surface area contributed by atoms with Crippen molar-refractivity contribution in [3.63, 3.8) is 0 Å². The van der Waals surface area contributed by atoms with Gasteiger partial charge in [0.05, 0.1) is 11.9 Å². The number of pyridine rings is 1. The average Bonchev–Trinajstić information content (AvgIpc) is 2.47. The SMILES string of the molecule is CC(C)N(C(=O)COc1ccc(I)cc1)c1cccnc1. The Morgan fingerprint density at radius 3 is 2.57 bits per heavy atom. The summed E-state index contributed by atoms with van der Waals surface area (Å²) in [7, 11) is 0. The Kier molecular flexibility index (Phi) is 5.55. The Hall–Kier alpha value is -1.63. The van der Waals surface area contributed by atoms with E-state index in [0.717, 1.165) is 9.26 Å². The van der Waals surface area contributed by atoms with Crippen LogP contribution in [0.5, 0.6) is 5.75 Å². The summed E-state index contributed by atoms with van der Waals surface area (Å²) in [4.78, 5) is 18.2. The van der Waals surface area contributed by atoms with Crippen LogP contribution in [0.2, 0.25) is 0 Å². The number of benzene rings is 1. The minimum absolute atomic E-state index is 0.00761. The topological polar surface area (TPSA) is 42.4 Å². The molecule has 0 fully saturated rings. The molecule has 0 aliphatic rings. The molecule has 21 heavy (non-hydrogen) atoms. The first kappa shape index (κ1) is 15.8. The van der Waals surface area contributed by atoms with Crippen LogP contribution >= 0.6 is 22.6 Å². The van der Waals surface area contributed by atoms with Crippen molar-refractivity contribution in [2.45, 2.75) is 19.9 Å². The van der Waals surface area contributed by atoms with Gasteiger partial charge in [-0.15, -0.1) is 0 Å². The summed E-state index contributed by atoms with van der Waals surface area (Å²) in [6, 6.07) is 11.3. The van der Waals surface area contributed by atoms with Crippen molar-refractivity contribution in [3.8, 4) is 5.75 Å². The minimum atomic E-state index is -0.0865. The summed E-state index contributed by atoms with van der Waals surface area (Å²) >= 11 is 2.23. The highest BCUT2D eigenvalue weighted by Crippen LogP contribution is 2.17. The molecule has 2 aromatic rings. The van der Waals surface area contributed by atoms with Gasteiger partial charge in [0, 0.05) is 15.8 Å². The normalized spacial score (nSPS) is 10.5. The molecule has 2 rings (SSSR count). The number of nitrogens with zero attached hydrogens (tertiary/aromatic N) is 2. The van der Waals surface area contributed by atoms with E-state index in [9.17, 15) is 4.79 Å². The molecule has 1 amide bonds. The maximum atomic E-state index is 12.4. The lowest BCUT2D eigenvalue weighted by atomic mass is 10.2. The molecule has 0 saturated heterocycles. The molecule has 0 aliphatic heterocycles. The van der Waals surface area contributed by atoms with Gasteiger partial charge in [0.15, 0.2) is 6.61 Å². The molecule has 1 heterocycles. The number of carbonyl (C=O) groups is 1. The van der Waals surface area contributed by atoms with Gasteiger partial charge in [0.25, 0.3) is 5.91 Å². The number of halogens is 1. The lowest BCUT2D eigenvalue weighted by molar-refractivity contribution is -0.120. The Morgan fingerprint density at radius 2 is 2.00 bits per heavy atom. The molecule has 0 spiro atoms. The van der Waals surface area contributed by atoms with Gasteiger partial charge in [-0.2, -0.15) is 0 Å². The minimum Gasteiger partial charge on any atom is -0.484 e. The molecule has 4 nitrogen and oxygen atoms in total. The van der Waals surface area contributed by atoms with Crippen LogP contribution in [0.4, 0.5) is 5.69 Å². The lowest BCUT2D eigenvalue weighted by Crippen LogP contribution is -2.40. The Bertz CT molecular complexity index is 585. The van der Waals surface area contributed by atoms with Gasteiger partial charge in [-0.05, 0) is 72.8 Å². The molecule has 0 radical (unpaired) electrons. The second kappa shape index (κ2) is 7.40. The number of carbonyl (C=O) groups excluding carboxylic acids is 1. The van der Waals surface area contributed by atoms with Crippen molar-refractivity contribution in [1.29, 1.82) is 0 Å². The van der Waals surface area contributed by atoms with Crippen molar-refractivity contribution >= 4 is 34.2 Å². The summed E-state index contributed by atoms with van der Waals surface area (Å²) in [6.45, 7) is 3.94. The predicted octanol–water partition coefficient (Wildman–Crippen LogP) is 3.51. The third-order valence-corrected chi connectivity index (χ3v) is 3.60. The van der Waals surface area contributed by atoms with E-state index in [1.165, 1.54) is 0 Å². The van der Waals surface area contributed by atoms with E-state index in [1.807, 2.05) is 50.2 Å². The van der Waals surface area contributed by atoms with Crippen LogP contribution in [-0.4, -0.2) is 23.5 Å². The van der Waals surface area contributed by atoms with Crippen LogP contribution in [0, 0.1) is 3.57 Å². The van der Waals surface area contributed by atoms with Gasteiger partial charge in [0.1, 0.15) is 5.75 Å². The van der Waals surface area contributed by atoms with Gasteiger partial charge in [-0.1, -0.05) is 0 Å². The largest absolute Gasteiger partial charge is 0.484 e. The third kappa shape index (κ3) is 4.42. The summed E-state index contributed by atoms with van der Waals surface area (Å²) in [5.74, 6) is 0.607. The summed E-state index contributed by atoms with van der Waals surface area (Å²) in [5, 5.41) is 0. The fraction of sp³-hybridized carbons (Fsp3) is 0.250. The zero-order valence-corrected chi connectivity index (χ0v) is 14.1. The van der Waals surface area contributed by atoms with Gasteiger partial charge in [-0.3, -0.25) is 9.78 Å². The molecule has 1 aromatic carbocycles. The van der Waals surface area contributed by atoms with E-state index in [1.54, 1.807) is 17.3 Å². The van der Waals surface area contributed by atoms with E-state index >= 15 is 0 Å². The molecule has 1 aromatic heterocycles. The second-order valence-electron chi connectivity index (χ2n) is 4.81. The zero-order chi connectivity index (χ0) is 15.2. The Labute approximate surface area is 138 Å². The molecule has 0 N–H and O–H groups in total. The fourth-order valence-corrected chi connectivity index (χ4v) is 2.33. The van der Waals surface area contributed by atoms with Crippen molar-refractivity contribution < 1.29 is 9.53 Å². The van der Waals surface area contributed by atoms with Crippen molar-refractivity contribution in [3.05, 3.63) is 52.4 Å². The van der Waals surface area contributed by atoms with Gasteiger partial charge >= 0.3 is 0 Å². The second-order valence-corrected chi connectivity index (χ2v) is 6.06. The van der Waals surface area contributed by atoms with Crippen LogP contribution in [0.15, 0.2) is 48.8 Å². The monoisotopic (exact) mass is 396 g/mol. The predicted molar refractivity (Wildman–Crippen MR) is 91.5 cm³/mol. The molecular formula is C16H17IN2O2. The van der Waals surface area contributed by atoms with Crippen molar-refractivity contribution in [2.75, 3.05) is 11.5 Å². The van der Waals surface area contributed by atoms with E-state index < -0.39 is 0 Å². The number of amides is 1. The van der Waals surface area contributed by atoms with Crippen molar-refractivity contribution in [2.24, 2.45) is 0 Å². The first-order chi connectivity index (χ1) is 10.1. The van der Waals surface area contributed by atoms with Crippen LogP contribution in [0.1, 0.15) is 13.8 Å². The highest BCUT2D eigenvalue weighted by molar-refractivity contribution is 14.1. The number of hydrogen-bond donors (Lipinski definition) is 0. The number of ether oxygens (including phenoxy) is 1. The van der Waals surface area contributed by atoms with Crippen LogP contribution in [0.3, 0.4) is 0 Å². The Morgan fingerprint density at radius 1 is 1.29 bits per heavy atom. The zero-order valence-electron chi connectivity index (χ0n) is 12.0. The van der Waals surface area contributed by atoms with E-state index in [0.29, 0.717) is 5.75 Å². The summed E-state index contributed by atoms with van der Waals surface area (Å²) in [5.41, 5.74) is 0.781. The number of aromatic nitrogens is 1. The summed E-state index contributed by atoms with van der Waals surface area (Å²) in [6.07, 6.45) is 3.37. The Balaban J connectivity index is 2.04. The lowest BCUT2D eigenvalue weighted by Gasteiger charge is -2.26. The maximum Gasteiger partial charge on any atom is 0.265 e. The van der Waals surface area contributed by atoms with Gasteiger partial charge in [0.2, 0.25) is 0 Å². The molecular weight excluding hydrogens is 379 g/mol. The van der Waals surface area contributed by atoms with Crippen LogP contribution in [0.25, 0.3) is 0 Å². The van der Waals surface area contributed by atoms with Gasteiger partial charge < -0.3 is 9.64 Å². The highest BCUT2D eigenvalue weighted by Gasteiger charge is 2.19. The molecule has 110 valence electrons. The molecule has 5 heteroatoms. The van der Waals surface area contributed by atoms with Crippen LogP contribution < -0.4 is 9.64 Å². The van der Waals surface area contributed by atoms with E-state index in [4.69, 9.17) is 4.74 Å². The number of rotatable bonds is 5. The first-order valence-electron chi connectivity index (χ1n) is 6.68. The van der Waals surface area contributed by atoms with Crippen LogP contribution in [-0.2, 0) is 4.79 Å². The fourth-order valence-electron chi connectivity index (χ4n) is 1.97. The highest BCUT2D eigenvalue weighted by atomic mass is 127. The van der Waals surface area contributed by atoms with Crippen molar-refractivity contribution in [1.82, 2.24) is 4.98 Å². The molecule has 0 bridgehead atoms. The average molecular weight is 396 g/mol. The summed E-state index contributed by atoms with van der Waals surface area (Å²) < 4.78 is 6.69. The number of hydrogen-bond acceptors (Lipinski definition) is 3. The van der Waals surface area contributed by atoms with Gasteiger partial charge in [-0.25, -0.2) is 0 Å². The smallest absolute Gasteiger partial charge is 0.265 e. The standard InChI is InChI=1S/C16H17IN2O2/c1-12(2)19(14-4-3-9-18-10-14)16(20)11-21-15-7-5-13(17)6-8-15/h3-10,12H,11H2,1-2H3. The molecule has 0 unspecified atom stereocenters. The molecule has 0 atom stereocenters. The molecule has 0 saturated carbocycles.